The Morgan fingerprint density at radius 1 is 1.00 bits per heavy atom. The number of alkyl halides is 3. The van der Waals surface area contributed by atoms with E-state index in [2.05, 4.69) is 4.74 Å². The fourth-order valence-electron chi connectivity index (χ4n) is 2.14. The monoisotopic (exact) mass is 450 g/mol. The molecular weight excluding hydrogens is 428 g/mol. The van der Waals surface area contributed by atoms with E-state index in [1.54, 1.807) is 27.7 Å². The molecule has 0 aliphatic rings. The van der Waals surface area contributed by atoms with Gasteiger partial charge in [-0.2, -0.15) is 0 Å². The van der Waals surface area contributed by atoms with E-state index in [1.807, 2.05) is 13.8 Å². The minimum atomic E-state index is -4.89. The summed E-state index contributed by atoms with van der Waals surface area (Å²) in [4.78, 5) is 12.1. The van der Waals surface area contributed by atoms with Crippen LogP contribution in [0.3, 0.4) is 0 Å². The molecular formula is C21H23ClF4O4. The van der Waals surface area contributed by atoms with Gasteiger partial charge in [0.15, 0.2) is 0 Å². The van der Waals surface area contributed by atoms with Crippen molar-refractivity contribution >= 4 is 17.6 Å². The van der Waals surface area contributed by atoms with Crippen molar-refractivity contribution in [2.75, 3.05) is 0 Å². The first-order valence-electron chi connectivity index (χ1n) is 9.02. The van der Waals surface area contributed by atoms with Crippen LogP contribution in [0, 0.1) is 12.7 Å². The van der Waals surface area contributed by atoms with Gasteiger partial charge in [0.1, 0.15) is 28.7 Å². The third-order valence-electron chi connectivity index (χ3n) is 3.24. The summed E-state index contributed by atoms with van der Waals surface area (Å²) >= 11 is 5.76. The second-order valence-corrected chi connectivity index (χ2v) is 7.25. The number of carbonyl (C=O) groups is 1. The second kappa shape index (κ2) is 10.0. The molecule has 4 nitrogen and oxygen atoms in total. The summed E-state index contributed by atoms with van der Waals surface area (Å²) in [6.07, 6.45) is -4.89. The van der Waals surface area contributed by atoms with Crippen LogP contribution in [0.1, 0.15) is 50.5 Å². The number of aryl methyl sites for hydroxylation is 1. The van der Waals surface area contributed by atoms with E-state index in [4.69, 9.17) is 21.1 Å². The van der Waals surface area contributed by atoms with Gasteiger partial charge in [0.05, 0.1) is 10.6 Å². The Morgan fingerprint density at radius 2 is 1.60 bits per heavy atom. The van der Waals surface area contributed by atoms with Gasteiger partial charge < -0.3 is 14.2 Å². The SMILES string of the molecule is CC.Cc1cc(C(=O)OC(C)(C)C)c(F)cc1Oc1ccc(OC(F)(F)F)c(Cl)c1. The predicted molar refractivity (Wildman–Crippen MR) is 106 cm³/mol. The number of esters is 1. The van der Waals surface area contributed by atoms with Gasteiger partial charge in [0.25, 0.3) is 0 Å². The Balaban J connectivity index is 0.00000218. The van der Waals surface area contributed by atoms with Gasteiger partial charge in [-0.05, 0) is 51.5 Å². The lowest BCUT2D eigenvalue weighted by molar-refractivity contribution is -0.274. The first-order valence-corrected chi connectivity index (χ1v) is 9.39. The number of ether oxygens (including phenoxy) is 3. The van der Waals surface area contributed by atoms with E-state index >= 15 is 0 Å². The van der Waals surface area contributed by atoms with Crippen molar-refractivity contribution in [3.63, 3.8) is 0 Å². The van der Waals surface area contributed by atoms with Crippen molar-refractivity contribution in [1.29, 1.82) is 0 Å². The van der Waals surface area contributed by atoms with Gasteiger partial charge >= 0.3 is 12.3 Å². The molecule has 0 saturated heterocycles. The zero-order chi connectivity index (χ0) is 23.3. The molecule has 0 aliphatic carbocycles. The summed E-state index contributed by atoms with van der Waals surface area (Å²) in [6.45, 7) is 10.5. The van der Waals surface area contributed by atoms with Gasteiger partial charge in [0.2, 0.25) is 0 Å². The summed E-state index contributed by atoms with van der Waals surface area (Å²) in [5.41, 5.74) is -0.635. The molecule has 0 heterocycles. The third-order valence-corrected chi connectivity index (χ3v) is 3.54. The van der Waals surface area contributed by atoms with Gasteiger partial charge in [0, 0.05) is 12.1 Å². The van der Waals surface area contributed by atoms with E-state index in [0.717, 1.165) is 18.2 Å². The number of carbonyl (C=O) groups excluding carboxylic acids is 1. The molecule has 0 atom stereocenters. The number of halogens is 5. The Bertz CT molecular complexity index is 890. The van der Waals surface area contributed by atoms with Crippen LogP contribution in [0.4, 0.5) is 17.6 Å². The Morgan fingerprint density at radius 3 is 2.10 bits per heavy atom. The lowest BCUT2D eigenvalue weighted by Gasteiger charge is -2.20. The standard InChI is InChI=1S/C19H17ClF4O4.C2H6/c1-10-7-12(17(25)28-18(2,3)4)14(21)9-16(10)26-11-5-6-15(13(20)8-11)27-19(22,23)24;1-2/h5-9H,1-4H3;1-2H3. The number of hydrogen-bond acceptors (Lipinski definition) is 4. The molecule has 9 heteroatoms. The zero-order valence-electron chi connectivity index (χ0n) is 17.4. The maximum absolute atomic E-state index is 14.3. The minimum absolute atomic E-state index is 0.0605. The fraction of sp³-hybridized carbons (Fsp3) is 0.381. The number of hydrogen-bond donors (Lipinski definition) is 0. The Kier molecular flexibility index (Phi) is 8.53. The topological polar surface area (TPSA) is 44.8 Å². The van der Waals surface area contributed by atoms with Crippen molar-refractivity contribution in [3.05, 3.63) is 52.3 Å². The molecule has 0 saturated carbocycles. The minimum Gasteiger partial charge on any atom is -0.457 e. The van der Waals surface area contributed by atoms with Crippen LogP contribution in [-0.4, -0.2) is 17.9 Å². The normalized spacial score (nSPS) is 11.3. The average Bonchev–Trinajstić information content (AvgIpc) is 2.59. The van der Waals surface area contributed by atoms with Crippen LogP contribution in [0.15, 0.2) is 30.3 Å². The smallest absolute Gasteiger partial charge is 0.457 e. The van der Waals surface area contributed by atoms with Gasteiger partial charge in [-0.25, -0.2) is 9.18 Å². The molecule has 0 bridgehead atoms. The summed E-state index contributed by atoms with van der Waals surface area (Å²) in [5, 5.41) is -0.335. The van der Waals surface area contributed by atoms with Gasteiger partial charge in [-0.1, -0.05) is 25.4 Å². The molecule has 0 N–H and O–H groups in total. The summed E-state index contributed by atoms with van der Waals surface area (Å²) in [7, 11) is 0. The molecule has 30 heavy (non-hydrogen) atoms. The predicted octanol–water partition coefficient (Wildman–Crippen LogP) is 7.46. The molecule has 0 unspecified atom stereocenters. The fourth-order valence-corrected chi connectivity index (χ4v) is 2.35. The number of benzene rings is 2. The van der Waals surface area contributed by atoms with Gasteiger partial charge in [-0.15, -0.1) is 13.2 Å². The highest BCUT2D eigenvalue weighted by Crippen LogP contribution is 2.35. The van der Waals surface area contributed by atoms with Crippen LogP contribution in [0.5, 0.6) is 17.2 Å². The lowest BCUT2D eigenvalue weighted by atomic mass is 10.1. The van der Waals surface area contributed by atoms with Crippen LogP contribution in [0.2, 0.25) is 5.02 Å². The Hall–Kier alpha value is -2.48. The molecule has 0 fully saturated rings. The third kappa shape index (κ3) is 7.74. The van der Waals surface area contributed by atoms with E-state index in [1.165, 1.54) is 12.1 Å². The first kappa shape index (κ1) is 25.6. The quantitative estimate of drug-likeness (QED) is 0.358. The molecule has 0 aliphatic heterocycles. The highest BCUT2D eigenvalue weighted by atomic mass is 35.5. The van der Waals surface area contributed by atoms with E-state index in [9.17, 15) is 22.4 Å². The van der Waals surface area contributed by atoms with E-state index < -0.39 is 29.5 Å². The van der Waals surface area contributed by atoms with Crippen LogP contribution in [0.25, 0.3) is 0 Å². The van der Waals surface area contributed by atoms with Crippen molar-refractivity contribution in [2.45, 2.75) is 53.5 Å². The van der Waals surface area contributed by atoms with Crippen LogP contribution >= 0.6 is 11.6 Å². The maximum Gasteiger partial charge on any atom is 0.573 e. The van der Waals surface area contributed by atoms with Crippen LogP contribution < -0.4 is 9.47 Å². The molecule has 2 rings (SSSR count). The number of rotatable bonds is 4. The highest BCUT2D eigenvalue weighted by Gasteiger charge is 2.32. The van der Waals surface area contributed by atoms with Crippen molar-refractivity contribution in [3.8, 4) is 17.2 Å². The van der Waals surface area contributed by atoms with Crippen molar-refractivity contribution in [1.82, 2.24) is 0 Å². The van der Waals surface area contributed by atoms with Crippen molar-refractivity contribution in [2.24, 2.45) is 0 Å². The molecule has 2 aromatic carbocycles. The molecule has 166 valence electrons. The molecule has 0 aromatic heterocycles. The lowest BCUT2D eigenvalue weighted by Crippen LogP contribution is -2.24. The van der Waals surface area contributed by atoms with E-state index in [-0.39, 0.29) is 22.1 Å². The highest BCUT2D eigenvalue weighted by molar-refractivity contribution is 6.32. The molecule has 0 spiro atoms. The second-order valence-electron chi connectivity index (χ2n) is 6.84. The summed E-state index contributed by atoms with van der Waals surface area (Å²) < 4.78 is 65.6. The molecule has 2 aromatic rings. The molecule has 0 radical (unpaired) electrons. The van der Waals surface area contributed by atoms with Crippen LogP contribution in [-0.2, 0) is 4.74 Å². The first-order chi connectivity index (χ1) is 13.7. The zero-order valence-corrected chi connectivity index (χ0v) is 18.2. The summed E-state index contributed by atoms with van der Waals surface area (Å²) in [6, 6.07) is 5.52. The largest absolute Gasteiger partial charge is 0.573 e. The van der Waals surface area contributed by atoms with E-state index in [0.29, 0.717) is 5.56 Å². The van der Waals surface area contributed by atoms with Crippen molar-refractivity contribution < 1.29 is 36.6 Å². The maximum atomic E-state index is 14.3. The molecule has 0 amide bonds. The Labute approximate surface area is 177 Å². The average molecular weight is 451 g/mol. The summed E-state index contributed by atoms with van der Waals surface area (Å²) in [5.74, 6) is -2.16. The van der Waals surface area contributed by atoms with Gasteiger partial charge in [-0.3, -0.25) is 0 Å².